The lowest BCUT2D eigenvalue weighted by Gasteiger charge is -2.03. The normalized spacial score (nSPS) is 13.1. The maximum absolute atomic E-state index is 12.7. The lowest BCUT2D eigenvalue weighted by Crippen LogP contribution is -2.13. The summed E-state index contributed by atoms with van der Waals surface area (Å²) in [6.07, 6.45) is 3.22. The van der Waals surface area contributed by atoms with Gasteiger partial charge in [0.15, 0.2) is 5.13 Å². The van der Waals surface area contributed by atoms with Crippen molar-refractivity contribution in [1.82, 2.24) is 10.1 Å². The maximum Gasteiger partial charge on any atom is 0.263 e. The van der Waals surface area contributed by atoms with E-state index in [1.807, 2.05) is 30.3 Å². The van der Waals surface area contributed by atoms with Crippen LogP contribution in [0.5, 0.6) is 0 Å². The zero-order chi connectivity index (χ0) is 15.8. The van der Waals surface area contributed by atoms with Crippen molar-refractivity contribution in [1.29, 1.82) is 0 Å². The monoisotopic (exact) mass is 325 g/mol. The summed E-state index contributed by atoms with van der Waals surface area (Å²) in [5.74, 6) is 0.278. The van der Waals surface area contributed by atoms with Crippen molar-refractivity contribution in [2.24, 2.45) is 0 Å². The molecule has 0 saturated carbocycles. The van der Waals surface area contributed by atoms with E-state index in [-0.39, 0.29) is 5.91 Å². The molecule has 5 nitrogen and oxygen atoms in total. The number of amides is 1. The molecule has 4 rings (SSSR count). The molecule has 0 unspecified atom stereocenters. The summed E-state index contributed by atoms with van der Waals surface area (Å²) in [6.45, 7) is 1.75. The summed E-state index contributed by atoms with van der Waals surface area (Å²) < 4.78 is 5.24. The van der Waals surface area contributed by atoms with Crippen LogP contribution < -0.4 is 5.32 Å². The molecular formula is C17H15N3O2S. The lowest BCUT2D eigenvalue weighted by atomic mass is 10.1. The molecule has 1 aromatic carbocycles. The Labute approximate surface area is 137 Å². The van der Waals surface area contributed by atoms with Gasteiger partial charge in [-0.3, -0.25) is 10.1 Å². The van der Waals surface area contributed by atoms with Gasteiger partial charge in [-0.05, 0) is 26.2 Å². The number of benzene rings is 1. The number of anilines is 1. The van der Waals surface area contributed by atoms with E-state index in [0.29, 0.717) is 22.1 Å². The van der Waals surface area contributed by atoms with E-state index in [1.54, 1.807) is 18.3 Å². The number of thiazole rings is 1. The zero-order valence-corrected chi connectivity index (χ0v) is 13.4. The molecule has 0 saturated heterocycles. The van der Waals surface area contributed by atoms with Gasteiger partial charge in [0, 0.05) is 10.4 Å². The summed E-state index contributed by atoms with van der Waals surface area (Å²) in [7, 11) is 0. The van der Waals surface area contributed by atoms with Crippen molar-refractivity contribution in [3.63, 3.8) is 0 Å². The molecule has 0 aliphatic heterocycles. The van der Waals surface area contributed by atoms with E-state index in [1.165, 1.54) is 4.88 Å². The van der Waals surface area contributed by atoms with E-state index in [2.05, 4.69) is 15.5 Å². The van der Waals surface area contributed by atoms with Crippen LogP contribution in [0.2, 0.25) is 0 Å². The van der Waals surface area contributed by atoms with Crippen LogP contribution in [0.4, 0.5) is 5.13 Å². The van der Waals surface area contributed by atoms with Crippen molar-refractivity contribution in [3.05, 3.63) is 52.2 Å². The number of nitrogens with zero attached hydrogens (tertiary/aromatic N) is 2. The van der Waals surface area contributed by atoms with Gasteiger partial charge in [-0.15, -0.1) is 11.3 Å². The highest BCUT2D eigenvalue weighted by molar-refractivity contribution is 7.16. The quantitative estimate of drug-likeness (QED) is 0.794. The van der Waals surface area contributed by atoms with Crippen LogP contribution in [0.25, 0.3) is 11.3 Å². The third-order valence-corrected chi connectivity index (χ3v) is 5.03. The summed E-state index contributed by atoms with van der Waals surface area (Å²) >= 11 is 1.56. The van der Waals surface area contributed by atoms with Gasteiger partial charge in [0.25, 0.3) is 5.91 Å². The molecular weight excluding hydrogens is 310 g/mol. The highest BCUT2D eigenvalue weighted by Gasteiger charge is 2.24. The van der Waals surface area contributed by atoms with Crippen LogP contribution in [-0.2, 0) is 12.8 Å². The predicted molar refractivity (Wildman–Crippen MR) is 88.8 cm³/mol. The molecule has 1 aliphatic rings. The summed E-state index contributed by atoms with van der Waals surface area (Å²) in [5.41, 5.74) is 3.00. The number of carbonyl (C=O) groups is 1. The molecule has 2 aromatic heterocycles. The molecule has 116 valence electrons. The lowest BCUT2D eigenvalue weighted by molar-refractivity contribution is 0.102. The first-order chi connectivity index (χ1) is 11.2. The standard InChI is InChI=1S/C17H15N3O2S/c1-10-14(15(20-22-10)11-6-3-2-4-7-11)16(21)19-17-18-12-8-5-9-13(12)23-17/h2-4,6-7H,5,8-9H2,1H3,(H,18,19,21). The molecule has 0 bridgehead atoms. The van der Waals surface area contributed by atoms with Crippen LogP contribution >= 0.6 is 11.3 Å². The van der Waals surface area contributed by atoms with E-state index in [0.717, 1.165) is 30.5 Å². The Bertz CT molecular complexity index is 846. The largest absolute Gasteiger partial charge is 0.360 e. The first kappa shape index (κ1) is 14.1. The first-order valence-electron chi connectivity index (χ1n) is 7.54. The maximum atomic E-state index is 12.7. The second kappa shape index (κ2) is 5.62. The van der Waals surface area contributed by atoms with Gasteiger partial charge in [0.05, 0.1) is 5.69 Å². The van der Waals surface area contributed by atoms with Gasteiger partial charge in [0.1, 0.15) is 17.0 Å². The SMILES string of the molecule is Cc1onc(-c2ccccc2)c1C(=O)Nc1nc2c(s1)CCC2. The molecule has 1 N–H and O–H groups in total. The number of hydrogen-bond acceptors (Lipinski definition) is 5. The number of rotatable bonds is 3. The van der Waals surface area contributed by atoms with Crippen molar-refractivity contribution in [2.75, 3.05) is 5.32 Å². The second-order valence-corrected chi connectivity index (χ2v) is 6.61. The van der Waals surface area contributed by atoms with Crippen LogP contribution in [0.15, 0.2) is 34.9 Å². The molecule has 0 atom stereocenters. The Morgan fingerprint density at radius 2 is 2.09 bits per heavy atom. The number of aromatic nitrogens is 2. The molecule has 23 heavy (non-hydrogen) atoms. The zero-order valence-electron chi connectivity index (χ0n) is 12.6. The molecule has 1 aliphatic carbocycles. The van der Waals surface area contributed by atoms with E-state index in [4.69, 9.17) is 4.52 Å². The average Bonchev–Trinajstić information content (AvgIpc) is 3.22. The number of hydrogen-bond donors (Lipinski definition) is 1. The van der Waals surface area contributed by atoms with E-state index in [9.17, 15) is 4.79 Å². The number of nitrogens with one attached hydrogen (secondary N) is 1. The van der Waals surface area contributed by atoms with Crippen LogP contribution in [-0.4, -0.2) is 16.0 Å². The third kappa shape index (κ3) is 2.55. The highest BCUT2D eigenvalue weighted by Crippen LogP contribution is 2.31. The second-order valence-electron chi connectivity index (χ2n) is 5.52. The molecule has 1 amide bonds. The highest BCUT2D eigenvalue weighted by atomic mass is 32.1. The average molecular weight is 325 g/mol. The van der Waals surface area contributed by atoms with Crippen LogP contribution in [0, 0.1) is 6.92 Å². The first-order valence-corrected chi connectivity index (χ1v) is 8.35. The Morgan fingerprint density at radius 3 is 2.87 bits per heavy atom. The Balaban J connectivity index is 1.64. The third-order valence-electron chi connectivity index (χ3n) is 3.95. The molecule has 6 heteroatoms. The van der Waals surface area contributed by atoms with Gasteiger partial charge in [-0.25, -0.2) is 4.98 Å². The summed E-state index contributed by atoms with van der Waals surface area (Å²) in [6, 6.07) is 9.56. The Kier molecular flexibility index (Phi) is 3.46. The molecule has 0 radical (unpaired) electrons. The van der Waals surface area contributed by atoms with Crippen molar-refractivity contribution < 1.29 is 9.32 Å². The van der Waals surface area contributed by atoms with E-state index < -0.39 is 0 Å². The predicted octanol–water partition coefficient (Wildman–Crippen LogP) is 3.85. The fourth-order valence-corrected chi connectivity index (χ4v) is 3.88. The van der Waals surface area contributed by atoms with E-state index >= 15 is 0 Å². The van der Waals surface area contributed by atoms with Gasteiger partial charge < -0.3 is 4.52 Å². The van der Waals surface area contributed by atoms with Gasteiger partial charge in [-0.1, -0.05) is 35.5 Å². The summed E-state index contributed by atoms with van der Waals surface area (Å²) in [4.78, 5) is 18.5. The number of fused-ring (bicyclic) bond motifs is 1. The van der Waals surface area contributed by atoms with Crippen molar-refractivity contribution in [2.45, 2.75) is 26.2 Å². The fourth-order valence-electron chi connectivity index (χ4n) is 2.84. The number of carbonyl (C=O) groups excluding carboxylic acids is 1. The Hall–Kier alpha value is -2.47. The molecule has 0 spiro atoms. The Morgan fingerprint density at radius 1 is 1.26 bits per heavy atom. The van der Waals surface area contributed by atoms with Gasteiger partial charge >= 0.3 is 0 Å². The van der Waals surface area contributed by atoms with Crippen LogP contribution in [0.1, 0.15) is 33.1 Å². The minimum absolute atomic E-state index is 0.227. The number of aryl methyl sites for hydroxylation is 3. The topological polar surface area (TPSA) is 68.0 Å². The van der Waals surface area contributed by atoms with Gasteiger partial charge in [0.2, 0.25) is 0 Å². The smallest absolute Gasteiger partial charge is 0.263 e. The van der Waals surface area contributed by atoms with Crippen molar-refractivity contribution >= 4 is 22.4 Å². The van der Waals surface area contributed by atoms with Crippen LogP contribution in [0.3, 0.4) is 0 Å². The molecule has 3 aromatic rings. The fraction of sp³-hybridized carbons (Fsp3) is 0.235. The minimum Gasteiger partial charge on any atom is -0.360 e. The molecule has 0 fully saturated rings. The molecule has 2 heterocycles. The summed E-state index contributed by atoms with van der Waals surface area (Å²) in [5, 5.41) is 7.59. The van der Waals surface area contributed by atoms with Crippen molar-refractivity contribution in [3.8, 4) is 11.3 Å². The minimum atomic E-state index is -0.227. The van der Waals surface area contributed by atoms with Gasteiger partial charge in [-0.2, -0.15) is 0 Å².